The van der Waals surface area contributed by atoms with Crippen LogP contribution in [0.25, 0.3) is 10.8 Å². The Hall–Kier alpha value is -0.0600. The molecule has 0 aliphatic carbocycles. The van der Waals surface area contributed by atoms with Crippen molar-refractivity contribution in [3.05, 3.63) is 39.3 Å². The zero-order valence-electron chi connectivity index (χ0n) is 9.76. The monoisotopic (exact) mass is 434 g/mol. The SMILES string of the molecule is BrCCCCOc1c(Br)cc(Br)c2ccccc12. The van der Waals surface area contributed by atoms with Crippen molar-refractivity contribution < 1.29 is 4.74 Å². The van der Waals surface area contributed by atoms with Gasteiger partial charge in [0, 0.05) is 15.2 Å². The highest BCUT2D eigenvalue weighted by Crippen LogP contribution is 2.38. The molecule has 0 saturated heterocycles. The van der Waals surface area contributed by atoms with Crippen LogP contribution in [0.5, 0.6) is 5.75 Å². The Kier molecular flexibility index (Phi) is 5.52. The van der Waals surface area contributed by atoms with Gasteiger partial charge in [-0.2, -0.15) is 0 Å². The van der Waals surface area contributed by atoms with Gasteiger partial charge < -0.3 is 4.74 Å². The molecule has 0 fully saturated rings. The van der Waals surface area contributed by atoms with Crippen molar-refractivity contribution in [1.82, 2.24) is 0 Å². The Morgan fingerprint density at radius 3 is 2.39 bits per heavy atom. The van der Waals surface area contributed by atoms with E-state index >= 15 is 0 Å². The second kappa shape index (κ2) is 6.92. The van der Waals surface area contributed by atoms with Crippen molar-refractivity contribution in [3.8, 4) is 5.75 Å². The molecule has 0 bridgehead atoms. The van der Waals surface area contributed by atoms with Crippen molar-refractivity contribution in [1.29, 1.82) is 0 Å². The molecule has 0 spiro atoms. The van der Waals surface area contributed by atoms with E-state index < -0.39 is 0 Å². The average molecular weight is 437 g/mol. The third-order valence-electron chi connectivity index (χ3n) is 2.67. The lowest BCUT2D eigenvalue weighted by Gasteiger charge is -2.12. The van der Waals surface area contributed by atoms with E-state index in [2.05, 4.69) is 59.9 Å². The van der Waals surface area contributed by atoms with Crippen molar-refractivity contribution in [2.75, 3.05) is 11.9 Å². The quantitative estimate of drug-likeness (QED) is 0.417. The molecule has 2 aromatic rings. The summed E-state index contributed by atoms with van der Waals surface area (Å²) in [6.45, 7) is 0.746. The number of fused-ring (bicyclic) bond motifs is 1. The van der Waals surface area contributed by atoms with Crippen LogP contribution in [0.15, 0.2) is 39.3 Å². The van der Waals surface area contributed by atoms with Gasteiger partial charge in [-0.25, -0.2) is 0 Å². The van der Waals surface area contributed by atoms with Gasteiger partial charge in [0.2, 0.25) is 0 Å². The number of unbranched alkanes of at least 4 members (excludes halogenated alkanes) is 1. The predicted octanol–water partition coefficient (Wildman–Crippen LogP) is 5.92. The van der Waals surface area contributed by atoms with Gasteiger partial charge in [0.1, 0.15) is 5.75 Å². The van der Waals surface area contributed by atoms with Crippen molar-refractivity contribution in [2.45, 2.75) is 12.8 Å². The van der Waals surface area contributed by atoms with Crippen LogP contribution in [0.4, 0.5) is 0 Å². The maximum atomic E-state index is 5.92. The van der Waals surface area contributed by atoms with Crippen LogP contribution < -0.4 is 4.74 Å². The molecule has 2 rings (SSSR count). The molecule has 0 N–H and O–H groups in total. The molecule has 96 valence electrons. The van der Waals surface area contributed by atoms with Gasteiger partial charge in [-0.15, -0.1) is 0 Å². The number of halogens is 3. The number of ether oxygens (including phenoxy) is 1. The third-order valence-corrected chi connectivity index (χ3v) is 4.48. The van der Waals surface area contributed by atoms with E-state index in [0.717, 1.165) is 44.9 Å². The molecular formula is C14H13Br3O. The highest BCUT2D eigenvalue weighted by atomic mass is 79.9. The number of alkyl halides is 1. The number of rotatable bonds is 5. The number of benzene rings is 2. The number of hydrogen-bond donors (Lipinski definition) is 0. The van der Waals surface area contributed by atoms with Crippen molar-refractivity contribution in [3.63, 3.8) is 0 Å². The van der Waals surface area contributed by atoms with Crippen LogP contribution >= 0.6 is 47.8 Å². The first-order valence-corrected chi connectivity index (χ1v) is 8.50. The Morgan fingerprint density at radius 1 is 0.944 bits per heavy atom. The Balaban J connectivity index is 2.31. The predicted molar refractivity (Wildman–Crippen MR) is 87.9 cm³/mol. The van der Waals surface area contributed by atoms with Crippen molar-refractivity contribution >= 4 is 58.6 Å². The fourth-order valence-electron chi connectivity index (χ4n) is 1.79. The minimum Gasteiger partial charge on any atom is -0.492 e. The molecule has 18 heavy (non-hydrogen) atoms. The first-order chi connectivity index (χ1) is 8.74. The van der Waals surface area contributed by atoms with Crippen LogP contribution in [0, 0.1) is 0 Å². The second-order valence-electron chi connectivity index (χ2n) is 3.96. The summed E-state index contributed by atoms with van der Waals surface area (Å²) in [4.78, 5) is 0. The fourth-order valence-corrected chi connectivity index (χ4v) is 3.63. The van der Waals surface area contributed by atoms with Crippen LogP contribution in [-0.2, 0) is 0 Å². The Morgan fingerprint density at radius 2 is 1.67 bits per heavy atom. The minimum atomic E-state index is 0.746. The average Bonchev–Trinajstić information content (AvgIpc) is 2.38. The molecule has 4 heteroatoms. The van der Waals surface area contributed by atoms with Gasteiger partial charge in [0.25, 0.3) is 0 Å². The standard InChI is InChI=1S/C14H13Br3O/c15-7-3-4-8-18-14-11-6-2-1-5-10(11)12(16)9-13(14)17/h1-2,5-6,9H,3-4,7-8H2. The van der Waals surface area contributed by atoms with E-state index in [0.29, 0.717) is 0 Å². The molecule has 0 saturated carbocycles. The summed E-state index contributed by atoms with van der Waals surface area (Å²) in [5.41, 5.74) is 0. The molecule has 0 aliphatic heterocycles. The molecule has 2 aromatic carbocycles. The normalized spacial score (nSPS) is 10.8. The minimum absolute atomic E-state index is 0.746. The van der Waals surface area contributed by atoms with E-state index in [1.807, 2.05) is 18.2 Å². The van der Waals surface area contributed by atoms with Gasteiger partial charge in [-0.05, 0) is 40.2 Å². The van der Waals surface area contributed by atoms with E-state index in [4.69, 9.17) is 4.74 Å². The first kappa shape index (κ1) is 14.4. The third kappa shape index (κ3) is 3.28. The molecule has 0 aromatic heterocycles. The zero-order valence-corrected chi connectivity index (χ0v) is 14.5. The molecule has 0 radical (unpaired) electrons. The van der Waals surface area contributed by atoms with Crippen LogP contribution in [-0.4, -0.2) is 11.9 Å². The largest absolute Gasteiger partial charge is 0.492 e. The number of hydrogen-bond acceptors (Lipinski definition) is 1. The molecule has 0 atom stereocenters. The summed E-state index contributed by atoms with van der Waals surface area (Å²) in [5, 5.41) is 3.34. The highest BCUT2D eigenvalue weighted by molar-refractivity contribution is 9.11. The molecule has 0 aliphatic rings. The van der Waals surface area contributed by atoms with E-state index in [-0.39, 0.29) is 0 Å². The molecule has 0 amide bonds. The van der Waals surface area contributed by atoms with E-state index in [1.165, 1.54) is 5.39 Å². The Labute approximate surface area is 132 Å². The summed E-state index contributed by atoms with van der Waals surface area (Å²) in [6, 6.07) is 10.3. The van der Waals surface area contributed by atoms with Crippen molar-refractivity contribution in [2.24, 2.45) is 0 Å². The smallest absolute Gasteiger partial charge is 0.141 e. The van der Waals surface area contributed by atoms with Gasteiger partial charge in [0.15, 0.2) is 0 Å². The maximum absolute atomic E-state index is 5.92. The molecule has 0 heterocycles. The Bertz CT molecular complexity index is 540. The summed E-state index contributed by atoms with van der Waals surface area (Å²) >= 11 is 10.6. The molecule has 0 unspecified atom stereocenters. The molecule has 1 nitrogen and oxygen atoms in total. The van der Waals surface area contributed by atoms with Gasteiger partial charge in [-0.3, -0.25) is 0 Å². The maximum Gasteiger partial charge on any atom is 0.141 e. The summed E-state index contributed by atoms with van der Waals surface area (Å²) in [7, 11) is 0. The van der Waals surface area contributed by atoms with Gasteiger partial charge in [0.05, 0.1) is 11.1 Å². The molecular weight excluding hydrogens is 424 g/mol. The van der Waals surface area contributed by atoms with E-state index in [9.17, 15) is 0 Å². The fraction of sp³-hybridized carbons (Fsp3) is 0.286. The second-order valence-corrected chi connectivity index (χ2v) is 6.46. The lowest BCUT2D eigenvalue weighted by Crippen LogP contribution is -1.99. The highest BCUT2D eigenvalue weighted by Gasteiger charge is 2.10. The topological polar surface area (TPSA) is 9.23 Å². The van der Waals surface area contributed by atoms with Crippen LogP contribution in [0.1, 0.15) is 12.8 Å². The van der Waals surface area contributed by atoms with Crippen LogP contribution in [0.3, 0.4) is 0 Å². The zero-order chi connectivity index (χ0) is 13.0. The van der Waals surface area contributed by atoms with E-state index in [1.54, 1.807) is 0 Å². The van der Waals surface area contributed by atoms with Crippen LogP contribution in [0.2, 0.25) is 0 Å². The lowest BCUT2D eigenvalue weighted by molar-refractivity contribution is 0.312. The lowest BCUT2D eigenvalue weighted by atomic mass is 10.1. The van der Waals surface area contributed by atoms with Gasteiger partial charge >= 0.3 is 0 Å². The first-order valence-electron chi connectivity index (χ1n) is 5.79. The van der Waals surface area contributed by atoms with Gasteiger partial charge in [-0.1, -0.05) is 56.1 Å². The summed E-state index contributed by atoms with van der Waals surface area (Å²) < 4.78 is 7.99. The summed E-state index contributed by atoms with van der Waals surface area (Å²) in [6.07, 6.45) is 2.19. The summed E-state index contributed by atoms with van der Waals surface area (Å²) in [5.74, 6) is 0.934.